The Morgan fingerprint density at radius 2 is 2.33 bits per heavy atom. The first-order valence-electron chi connectivity index (χ1n) is 6.19. The SMILES string of the molecule is CSC1C(O)=C(CO)O[C@H]1n1cnc2c1NC(N)NC2=O. The Labute approximate surface area is 124 Å². The van der Waals surface area contributed by atoms with E-state index in [0.717, 1.165) is 0 Å². The Balaban J connectivity index is 1.98. The summed E-state index contributed by atoms with van der Waals surface area (Å²) < 4.78 is 7.17. The number of hydrogen-bond donors (Lipinski definition) is 5. The maximum atomic E-state index is 11.8. The van der Waals surface area contributed by atoms with Crippen LogP contribution in [0.2, 0.25) is 0 Å². The third-order valence-electron chi connectivity index (χ3n) is 3.34. The number of rotatable bonds is 3. The van der Waals surface area contributed by atoms with Crippen LogP contribution >= 0.6 is 11.8 Å². The molecule has 114 valence electrons. The molecule has 2 aliphatic heterocycles. The van der Waals surface area contributed by atoms with E-state index < -0.39 is 24.4 Å². The van der Waals surface area contributed by atoms with Crippen molar-refractivity contribution in [2.24, 2.45) is 5.73 Å². The van der Waals surface area contributed by atoms with Crippen molar-refractivity contribution in [1.82, 2.24) is 14.9 Å². The molecular weight excluding hydrogens is 298 g/mol. The molecule has 2 unspecified atom stereocenters. The van der Waals surface area contributed by atoms with Gasteiger partial charge >= 0.3 is 0 Å². The van der Waals surface area contributed by atoms with Crippen molar-refractivity contribution in [3.05, 3.63) is 23.5 Å². The second-order valence-corrected chi connectivity index (χ2v) is 5.56. The van der Waals surface area contributed by atoms with Crippen LogP contribution in [0, 0.1) is 0 Å². The fraction of sp³-hybridized carbons (Fsp3) is 0.455. The average Bonchev–Trinajstić information content (AvgIpc) is 2.99. The van der Waals surface area contributed by atoms with Crippen molar-refractivity contribution >= 4 is 23.5 Å². The number of carbonyl (C=O) groups is 1. The number of aliphatic hydroxyl groups excluding tert-OH is 2. The Bertz CT molecular complexity index is 616. The minimum Gasteiger partial charge on any atom is -0.507 e. The Morgan fingerprint density at radius 3 is 3.00 bits per heavy atom. The quantitative estimate of drug-likeness (QED) is 0.494. The van der Waals surface area contributed by atoms with Crippen LogP contribution in [0.5, 0.6) is 0 Å². The second kappa shape index (κ2) is 5.13. The Morgan fingerprint density at radius 1 is 1.57 bits per heavy atom. The molecule has 6 N–H and O–H groups in total. The van der Waals surface area contributed by atoms with Crippen molar-refractivity contribution in [3.8, 4) is 0 Å². The molecule has 0 aliphatic carbocycles. The lowest BCUT2D eigenvalue weighted by Crippen LogP contribution is -2.51. The van der Waals surface area contributed by atoms with E-state index in [-0.39, 0.29) is 23.1 Å². The fourth-order valence-electron chi connectivity index (χ4n) is 2.37. The lowest BCUT2D eigenvalue weighted by Gasteiger charge is -2.26. The van der Waals surface area contributed by atoms with Gasteiger partial charge in [0.25, 0.3) is 5.91 Å². The summed E-state index contributed by atoms with van der Waals surface area (Å²) in [5, 5.41) is 24.2. The van der Waals surface area contributed by atoms with Gasteiger partial charge in [0.1, 0.15) is 24.0 Å². The summed E-state index contributed by atoms with van der Waals surface area (Å²) in [5.74, 6) is 0.143. The first kappa shape index (κ1) is 14.0. The Hall–Kier alpha value is -1.91. The van der Waals surface area contributed by atoms with Crippen molar-refractivity contribution in [3.63, 3.8) is 0 Å². The molecule has 0 radical (unpaired) electrons. The summed E-state index contributed by atoms with van der Waals surface area (Å²) in [6, 6.07) is 0. The van der Waals surface area contributed by atoms with Crippen LogP contribution in [0.4, 0.5) is 5.82 Å². The normalized spacial score (nSPS) is 28.0. The summed E-state index contributed by atoms with van der Waals surface area (Å²) in [4.78, 5) is 15.8. The number of hydrogen-bond acceptors (Lipinski definition) is 8. The number of nitrogens with one attached hydrogen (secondary N) is 2. The van der Waals surface area contributed by atoms with Crippen molar-refractivity contribution < 1.29 is 19.7 Å². The molecule has 0 saturated carbocycles. The number of imidazole rings is 1. The van der Waals surface area contributed by atoms with Gasteiger partial charge in [0.2, 0.25) is 0 Å². The number of ether oxygens (including phenoxy) is 1. The van der Waals surface area contributed by atoms with E-state index in [1.165, 1.54) is 18.1 Å². The van der Waals surface area contributed by atoms with E-state index in [9.17, 15) is 15.0 Å². The summed E-state index contributed by atoms with van der Waals surface area (Å²) in [5.41, 5.74) is 5.89. The molecule has 0 spiro atoms. The minimum atomic E-state index is -0.728. The van der Waals surface area contributed by atoms with E-state index in [0.29, 0.717) is 5.82 Å². The maximum absolute atomic E-state index is 11.8. The van der Waals surface area contributed by atoms with Crippen molar-refractivity contribution in [1.29, 1.82) is 0 Å². The summed E-state index contributed by atoms with van der Waals surface area (Å²) in [6.45, 7) is -0.399. The zero-order valence-corrected chi connectivity index (χ0v) is 11.9. The molecule has 2 aliphatic rings. The van der Waals surface area contributed by atoms with Crippen LogP contribution in [0.15, 0.2) is 17.8 Å². The standard InChI is InChI=1S/C11H15N5O4S/c1-21-7-6(18)4(2-17)20-10(7)16-3-13-5-8(16)14-11(12)15-9(5)19/h3,7,10-11,14,17-18H,2,12H2,1H3,(H,15,19)/t7?,10-,11?/m1/s1. The highest BCUT2D eigenvalue weighted by atomic mass is 32.2. The zero-order valence-electron chi connectivity index (χ0n) is 11.1. The molecule has 0 saturated heterocycles. The van der Waals surface area contributed by atoms with Gasteiger partial charge in [-0.05, 0) is 6.26 Å². The Kier molecular flexibility index (Phi) is 3.43. The minimum absolute atomic E-state index is 0.0120. The van der Waals surface area contributed by atoms with Gasteiger partial charge in [-0.1, -0.05) is 0 Å². The largest absolute Gasteiger partial charge is 0.507 e. The number of anilines is 1. The van der Waals surface area contributed by atoms with Gasteiger partial charge in [0.15, 0.2) is 29.7 Å². The first-order valence-corrected chi connectivity index (χ1v) is 7.47. The number of amides is 1. The molecule has 3 rings (SSSR count). The van der Waals surface area contributed by atoms with Gasteiger partial charge in [-0.25, -0.2) is 4.98 Å². The number of aromatic nitrogens is 2. The molecule has 1 amide bonds. The van der Waals surface area contributed by atoms with Gasteiger partial charge in [-0.2, -0.15) is 0 Å². The van der Waals surface area contributed by atoms with E-state index in [1.54, 1.807) is 4.57 Å². The van der Waals surface area contributed by atoms with Crippen molar-refractivity contribution in [2.45, 2.75) is 17.8 Å². The number of nitrogens with two attached hydrogens (primary N) is 1. The zero-order chi connectivity index (χ0) is 15.1. The summed E-state index contributed by atoms with van der Waals surface area (Å²) in [6.07, 6.45) is 1.90. The first-order chi connectivity index (χ1) is 10.1. The predicted molar refractivity (Wildman–Crippen MR) is 75.5 cm³/mol. The number of fused-ring (bicyclic) bond motifs is 1. The van der Waals surface area contributed by atoms with Gasteiger partial charge in [0, 0.05) is 0 Å². The number of carbonyl (C=O) groups excluding carboxylic acids is 1. The van der Waals surface area contributed by atoms with Gasteiger partial charge < -0.3 is 25.6 Å². The lowest BCUT2D eigenvalue weighted by atomic mass is 10.3. The lowest BCUT2D eigenvalue weighted by molar-refractivity contribution is 0.0670. The monoisotopic (exact) mass is 313 g/mol. The van der Waals surface area contributed by atoms with Crippen LogP contribution in [0.3, 0.4) is 0 Å². The van der Waals surface area contributed by atoms with Crippen LogP contribution in [0.1, 0.15) is 16.7 Å². The molecule has 1 aromatic rings. The van der Waals surface area contributed by atoms with E-state index in [1.807, 2.05) is 6.26 Å². The van der Waals surface area contributed by atoms with Crippen LogP contribution in [-0.2, 0) is 4.74 Å². The van der Waals surface area contributed by atoms with Crippen LogP contribution < -0.4 is 16.4 Å². The highest BCUT2D eigenvalue weighted by Crippen LogP contribution is 2.40. The number of nitrogens with zero attached hydrogens (tertiary/aromatic N) is 2. The second-order valence-electron chi connectivity index (χ2n) is 4.58. The fourth-order valence-corrected chi connectivity index (χ4v) is 3.14. The molecule has 3 heterocycles. The maximum Gasteiger partial charge on any atom is 0.276 e. The molecule has 9 nitrogen and oxygen atoms in total. The molecule has 1 aromatic heterocycles. The summed E-state index contributed by atoms with van der Waals surface area (Å²) in [7, 11) is 0. The highest BCUT2D eigenvalue weighted by molar-refractivity contribution is 7.99. The third kappa shape index (κ3) is 2.11. The van der Waals surface area contributed by atoms with Gasteiger partial charge in [0.05, 0.1) is 0 Å². The smallest absolute Gasteiger partial charge is 0.276 e. The molecule has 21 heavy (non-hydrogen) atoms. The van der Waals surface area contributed by atoms with Crippen LogP contribution in [-0.4, -0.2) is 50.1 Å². The molecule has 0 bridgehead atoms. The predicted octanol–water partition coefficient (Wildman–Crippen LogP) is -0.697. The molecular formula is C11H15N5O4S. The molecule has 0 aromatic carbocycles. The van der Waals surface area contributed by atoms with Gasteiger partial charge in [-0.3, -0.25) is 15.1 Å². The van der Waals surface area contributed by atoms with Crippen LogP contribution in [0.25, 0.3) is 0 Å². The third-order valence-corrected chi connectivity index (χ3v) is 4.30. The molecule has 0 fully saturated rings. The topological polar surface area (TPSA) is 135 Å². The highest BCUT2D eigenvalue weighted by Gasteiger charge is 2.40. The van der Waals surface area contributed by atoms with Crippen molar-refractivity contribution in [2.75, 3.05) is 18.2 Å². The molecule has 3 atom stereocenters. The molecule has 10 heteroatoms. The average molecular weight is 313 g/mol. The van der Waals surface area contributed by atoms with Gasteiger partial charge in [-0.15, -0.1) is 11.8 Å². The number of thioether (sulfide) groups is 1. The number of aliphatic hydroxyl groups is 2. The summed E-state index contributed by atoms with van der Waals surface area (Å²) >= 11 is 1.37. The van der Waals surface area contributed by atoms with E-state index in [2.05, 4.69) is 15.6 Å². The van der Waals surface area contributed by atoms with E-state index >= 15 is 0 Å². The van der Waals surface area contributed by atoms with E-state index in [4.69, 9.17) is 10.5 Å².